The van der Waals surface area contributed by atoms with Crippen molar-refractivity contribution in [3.8, 4) is 0 Å². The Morgan fingerprint density at radius 1 is 1.27 bits per heavy atom. The van der Waals surface area contributed by atoms with Gasteiger partial charge >= 0.3 is 0 Å². The van der Waals surface area contributed by atoms with Gasteiger partial charge < -0.3 is 5.32 Å². The van der Waals surface area contributed by atoms with Crippen LogP contribution in [0.15, 0.2) is 29.2 Å². The van der Waals surface area contributed by atoms with Gasteiger partial charge in [0.05, 0.1) is 4.91 Å². The van der Waals surface area contributed by atoms with Gasteiger partial charge in [0.1, 0.15) is 5.82 Å². The van der Waals surface area contributed by atoms with Crippen molar-refractivity contribution in [3.63, 3.8) is 0 Å². The average molecular weight is 376 g/mol. The van der Waals surface area contributed by atoms with E-state index in [9.17, 15) is 18.8 Å². The van der Waals surface area contributed by atoms with Crippen molar-refractivity contribution in [2.45, 2.75) is 32.1 Å². The fourth-order valence-electron chi connectivity index (χ4n) is 3.28. The largest absolute Gasteiger partial charge is 0.354 e. The second-order valence-corrected chi connectivity index (χ2v) is 7.55. The molecule has 1 N–H and O–H groups in total. The maximum atomic E-state index is 13.7. The van der Waals surface area contributed by atoms with E-state index in [1.165, 1.54) is 25.0 Å². The third kappa shape index (κ3) is 4.52. The minimum atomic E-state index is -0.451. The molecule has 26 heavy (non-hydrogen) atoms. The molecule has 3 rings (SSSR count). The molecule has 1 saturated carbocycles. The fourth-order valence-corrected chi connectivity index (χ4v) is 4.14. The average Bonchev–Trinajstić information content (AvgIpc) is 3.20. The summed E-state index contributed by atoms with van der Waals surface area (Å²) in [5, 5.41) is 2.38. The number of carbonyl (C=O) groups is 3. The molecule has 2 fully saturated rings. The molecule has 3 amide bonds. The van der Waals surface area contributed by atoms with Gasteiger partial charge in [0.25, 0.3) is 11.1 Å². The molecule has 7 heteroatoms. The normalized spacial score (nSPS) is 19.6. The van der Waals surface area contributed by atoms with E-state index in [0.29, 0.717) is 12.3 Å². The lowest BCUT2D eigenvalue weighted by molar-refractivity contribution is -0.124. The zero-order chi connectivity index (χ0) is 18.5. The van der Waals surface area contributed by atoms with E-state index in [2.05, 4.69) is 5.32 Å². The lowest BCUT2D eigenvalue weighted by atomic mass is 10.0. The zero-order valence-electron chi connectivity index (χ0n) is 14.4. The SMILES string of the molecule is O=C(CC1CCCC1)NCCN1C(=O)S/C(=C\c2ccccc2F)C1=O. The van der Waals surface area contributed by atoms with Gasteiger partial charge in [-0.15, -0.1) is 0 Å². The molecule has 1 aromatic carbocycles. The van der Waals surface area contributed by atoms with Crippen LogP contribution in [0, 0.1) is 11.7 Å². The highest BCUT2D eigenvalue weighted by Gasteiger charge is 2.34. The Balaban J connectivity index is 1.52. The summed E-state index contributed by atoms with van der Waals surface area (Å²) >= 11 is 0.789. The summed E-state index contributed by atoms with van der Waals surface area (Å²) in [7, 11) is 0. The van der Waals surface area contributed by atoms with Crippen LogP contribution in [0.3, 0.4) is 0 Å². The van der Waals surface area contributed by atoms with Gasteiger partial charge in [-0.3, -0.25) is 19.3 Å². The zero-order valence-corrected chi connectivity index (χ0v) is 15.2. The molecule has 1 aliphatic carbocycles. The minimum Gasteiger partial charge on any atom is -0.354 e. The number of imide groups is 1. The molecule has 5 nitrogen and oxygen atoms in total. The first-order valence-electron chi connectivity index (χ1n) is 8.81. The van der Waals surface area contributed by atoms with Crippen LogP contribution in [0.1, 0.15) is 37.7 Å². The van der Waals surface area contributed by atoms with Crippen LogP contribution in [0.5, 0.6) is 0 Å². The molecule has 138 valence electrons. The van der Waals surface area contributed by atoms with Crippen molar-refractivity contribution in [2.75, 3.05) is 13.1 Å². The highest BCUT2D eigenvalue weighted by molar-refractivity contribution is 8.18. The second-order valence-electron chi connectivity index (χ2n) is 6.56. The Labute approximate surface area is 156 Å². The molecule has 0 unspecified atom stereocenters. The molecule has 0 spiro atoms. The van der Waals surface area contributed by atoms with E-state index in [4.69, 9.17) is 0 Å². The van der Waals surface area contributed by atoms with Crippen molar-refractivity contribution >= 4 is 34.9 Å². The molecule has 1 heterocycles. The van der Waals surface area contributed by atoms with Crippen LogP contribution in [-0.4, -0.2) is 35.0 Å². The standard InChI is InChI=1S/C19H21FN2O3S/c20-15-8-4-3-7-14(15)12-16-18(24)22(19(25)26-16)10-9-21-17(23)11-13-5-1-2-6-13/h3-4,7-8,12-13H,1-2,5-6,9-11H2,(H,21,23)/b16-12-. The highest BCUT2D eigenvalue weighted by Crippen LogP contribution is 2.32. The van der Waals surface area contributed by atoms with Crippen LogP contribution in [0.2, 0.25) is 0 Å². The third-order valence-corrected chi connectivity index (χ3v) is 5.58. The molecular weight excluding hydrogens is 355 g/mol. The Hall–Kier alpha value is -2.15. The monoisotopic (exact) mass is 376 g/mol. The summed E-state index contributed by atoms with van der Waals surface area (Å²) in [5.74, 6) is -0.478. The molecule has 1 aromatic rings. The summed E-state index contributed by atoms with van der Waals surface area (Å²) in [5.41, 5.74) is 0.267. The molecule has 1 saturated heterocycles. The van der Waals surface area contributed by atoms with Gasteiger partial charge in [0.15, 0.2) is 0 Å². The van der Waals surface area contributed by atoms with Gasteiger partial charge in [0.2, 0.25) is 5.91 Å². The number of benzene rings is 1. The van der Waals surface area contributed by atoms with Gasteiger partial charge in [-0.2, -0.15) is 0 Å². The van der Waals surface area contributed by atoms with Crippen molar-refractivity contribution in [3.05, 3.63) is 40.6 Å². The minimum absolute atomic E-state index is 0.0363. The number of hydrogen-bond donors (Lipinski definition) is 1. The van der Waals surface area contributed by atoms with E-state index >= 15 is 0 Å². The van der Waals surface area contributed by atoms with Crippen LogP contribution >= 0.6 is 11.8 Å². The van der Waals surface area contributed by atoms with Crippen molar-refractivity contribution in [1.82, 2.24) is 10.2 Å². The summed E-state index contributed by atoms with van der Waals surface area (Å²) in [6.07, 6.45) is 6.45. The maximum absolute atomic E-state index is 13.7. The number of carbonyl (C=O) groups excluding carboxylic acids is 3. The number of rotatable bonds is 6. The summed E-state index contributed by atoms with van der Waals surface area (Å²) in [4.78, 5) is 37.6. The van der Waals surface area contributed by atoms with Gasteiger partial charge in [0, 0.05) is 25.1 Å². The number of amides is 3. The molecule has 1 aliphatic heterocycles. The Morgan fingerprint density at radius 2 is 2.00 bits per heavy atom. The molecule has 0 radical (unpaired) electrons. The fraction of sp³-hybridized carbons (Fsp3) is 0.421. The quantitative estimate of drug-likeness (QED) is 0.771. The maximum Gasteiger partial charge on any atom is 0.293 e. The Bertz CT molecular complexity index is 744. The van der Waals surface area contributed by atoms with Crippen LogP contribution in [0.4, 0.5) is 9.18 Å². The third-order valence-electron chi connectivity index (χ3n) is 4.67. The molecule has 0 aromatic heterocycles. The smallest absolute Gasteiger partial charge is 0.293 e. The van der Waals surface area contributed by atoms with E-state index in [1.54, 1.807) is 18.2 Å². The number of nitrogens with one attached hydrogen (secondary N) is 1. The van der Waals surface area contributed by atoms with Crippen LogP contribution < -0.4 is 5.32 Å². The van der Waals surface area contributed by atoms with Gasteiger partial charge in [-0.05, 0) is 42.7 Å². The number of nitrogens with zero attached hydrogens (tertiary/aromatic N) is 1. The van der Waals surface area contributed by atoms with E-state index in [0.717, 1.165) is 29.5 Å². The number of thioether (sulfide) groups is 1. The van der Waals surface area contributed by atoms with Crippen molar-refractivity contribution in [2.24, 2.45) is 5.92 Å². The van der Waals surface area contributed by atoms with Gasteiger partial charge in [-0.1, -0.05) is 31.0 Å². The first-order chi connectivity index (χ1) is 12.5. The Morgan fingerprint density at radius 3 is 2.73 bits per heavy atom. The molecule has 0 bridgehead atoms. The topological polar surface area (TPSA) is 66.5 Å². The van der Waals surface area contributed by atoms with E-state index < -0.39 is 17.0 Å². The highest BCUT2D eigenvalue weighted by atomic mass is 32.2. The molecular formula is C19H21FN2O3S. The predicted octanol–water partition coefficient (Wildman–Crippen LogP) is 3.56. The first kappa shape index (κ1) is 18.6. The predicted molar refractivity (Wildman–Crippen MR) is 98.7 cm³/mol. The van der Waals surface area contributed by atoms with Crippen molar-refractivity contribution < 1.29 is 18.8 Å². The lowest BCUT2D eigenvalue weighted by Gasteiger charge is -2.14. The van der Waals surface area contributed by atoms with E-state index in [1.807, 2.05) is 0 Å². The number of hydrogen-bond acceptors (Lipinski definition) is 4. The second kappa shape index (κ2) is 8.49. The van der Waals surface area contributed by atoms with Gasteiger partial charge in [-0.25, -0.2) is 4.39 Å². The Kier molecular flexibility index (Phi) is 6.08. The molecule has 0 atom stereocenters. The summed E-state index contributed by atoms with van der Waals surface area (Å²) in [6.45, 7) is 0.353. The number of halogens is 1. The first-order valence-corrected chi connectivity index (χ1v) is 9.63. The van der Waals surface area contributed by atoms with Crippen molar-refractivity contribution in [1.29, 1.82) is 0 Å². The summed E-state index contributed by atoms with van der Waals surface area (Å²) in [6, 6.07) is 6.08. The summed E-state index contributed by atoms with van der Waals surface area (Å²) < 4.78 is 13.7. The molecule has 2 aliphatic rings. The van der Waals surface area contributed by atoms with E-state index in [-0.39, 0.29) is 29.5 Å². The lowest BCUT2D eigenvalue weighted by Crippen LogP contribution is -2.37. The van der Waals surface area contributed by atoms with Crippen LogP contribution in [0.25, 0.3) is 6.08 Å². The van der Waals surface area contributed by atoms with Crippen LogP contribution in [-0.2, 0) is 9.59 Å².